The SMILES string of the molecule is CN(C)C(=O)[C@H]1C(=O)[C@@]2(O)c3ncc(Cl)cc3O[C@@]2(c2ccc(C#N)cc2)[C@@H]1c1ccccc1.CN(C)C(=O)[C@H]1C(=O)[C@@]2(O)c3ncc(Cl)cc3O[C@@]2(c2ccc(C#N)cc2)[C@@H]1c1ccccc1.CN(C)C(=O)[C@H]1C(=O)[C@@]2(O)c3ncc(Cl)cc3O[C@@]2(c2ccc(C#N)cc2)[C@@H]1c1ccccc1. The zero-order valence-corrected chi connectivity index (χ0v) is 57.5. The van der Waals surface area contributed by atoms with E-state index in [4.69, 9.17) is 49.0 Å². The fourth-order valence-corrected chi connectivity index (χ4v) is 16.2. The number of hydrogen-bond acceptors (Lipinski definition) is 18. The summed E-state index contributed by atoms with van der Waals surface area (Å²) in [4.78, 5) is 99.4. The van der Waals surface area contributed by atoms with E-state index in [2.05, 4.69) is 33.2 Å². The molecule has 0 radical (unpaired) electrons. The van der Waals surface area contributed by atoms with Crippen LogP contribution in [-0.4, -0.2) is 122 Å². The summed E-state index contributed by atoms with van der Waals surface area (Å²) in [5, 5.41) is 65.6. The monoisotopic (exact) mass is 1420 g/mol. The number of rotatable bonds is 9. The van der Waals surface area contributed by atoms with Gasteiger partial charge in [0.05, 0.1) is 67.7 Å². The maximum atomic E-state index is 14.1. The molecule has 3 N–H and O–H groups in total. The molecule has 510 valence electrons. The lowest BCUT2D eigenvalue weighted by atomic mass is 9.71. The first-order chi connectivity index (χ1) is 48.8. The van der Waals surface area contributed by atoms with Gasteiger partial charge in [-0.15, -0.1) is 0 Å². The molecular formula is C78H60Cl3N9O12. The Labute approximate surface area is 599 Å². The Kier molecular flexibility index (Phi) is 17.5. The number of carbonyl (C=O) groups is 6. The highest BCUT2D eigenvalue weighted by Gasteiger charge is 2.81. The predicted molar refractivity (Wildman–Crippen MR) is 369 cm³/mol. The summed E-state index contributed by atoms with van der Waals surface area (Å²) in [6.07, 6.45) is 4.01. The molecule has 21 nitrogen and oxygen atoms in total. The summed E-state index contributed by atoms with van der Waals surface area (Å²) in [7, 11) is 9.40. The molecule has 6 heterocycles. The van der Waals surface area contributed by atoms with E-state index in [0.29, 0.717) is 50.1 Å². The summed E-state index contributed by atoms with van der Waals surface area (Å²) >= 11 is 18.5. The van der Waals surface area contributed by atoms with Gasteiger partial charge in [0.1, 0.15) is 52.1 Å². The molecule has 3 aliphatic heterocycles. The maximum Gasteiger partial charge on any atom is 0.233 e. The second-order valence-corrected chi connectivity index (χ2v) is 27.4. The molecule has 0 bridgehead atoms. The van der Waals surface area contributed by atoms with Crippen LogP contribution >= 0.6 is 34.8 Å². The number of carbonyl (C=O) groups excluding carboxylic acids is 6. The van der Waals surface area contributed by atoms with E-state index in [1.807, 2.05) is 18.2 Å². The van der Waals surface area contributed by atoms with Gasteiger partial charge in [0, 0.05) is 79.1 Å². The minimum Gasteiger partial charge on any atom is -0.476 e. The van der Waals surface area contributed by atoms with Crippen LogP contribution in [0.1, 0.15) is 84.9 Å². The number of ether oxygens (including phenoxy) is 3. The Balaban J connectivity index is 0.000000137. The average molecular weight is 1420 g/mol. The van der Waals surface area contributed by atoms with Crippen LogP contribution in [0.3, 0.4) is 0 Å². The van der Waals surface area contributed by atoms with Crippen LogP contribution in [0.25, 0.3) is 0 Å². The van der Waals surface area contributed by atoms with E-state index in [-0.39, 0.29) is 49.4 Å². The van der Waals surface area contributed by atoms with Crippen LogP contribution in [0, 0.1) is 51.7 Å². The molecule has 0 spiro atoms. The summed E-state index contributed by atoms with van der Waals surface area (Å²) in [5.41, 5.74) is -7.40. The van der Waals surface area contributed by atoms with Crippen LogP contribution in [0.4, 0.5) is 0 Å². The number of benzene rings is 6. The second kappa shape index (κ2) is 25.8. The third-order valence-electron chi connectivity index (χ3n) is 20.1. The summed E-state index contributed by atoms with van der Waals surface area (Å²) < 4.78 is 19.5. The van der Waals surface area contributed by atoms with Crippen molar-refractivity contribution in [2.75, 3.05) is 42.3 Å². The molecule has 3 aliphatic carbocycles. The Bertz CT molecular complexity index is 4560. The summed E-state index contributed by atoms with van der Waals surface area (Å²) in [6.45, 7) is 0. The van der Waals surface area contributed by atoms with Gasteiger partial charge in [-0.05, 0) is 69.8 Å². The zero-order valence-electron chi connectivity index (χ0n) is 55.2. The minimum atomic E-state index is -2.27. The summed E-state index contributed by atoms with van der Waals surface area (Å²) in [6, 6.07) is 57.2. The minimum absolute atomic E-state index is 0.0150. The molecule has 3 saturated carbocycles. The number of nitriles is 3. The molecule has 3 fully saturated rings. The number of aromatic nitrogens is 3. The fourth-order valence-electron chi connectivity index (χ4n) is 15.8. The fraction of sp³-hybridized carbons (Fsp3) is 0.231. The topological polar surface area (TPSA) is 311 Å². The average Bonchev–Trinajstić information content (AvgIpc) is 1.51. The van der Waals surface area contributed by atoms with Crippen LogP contribution < -0.4 is 14.2 Å². The first-order valence-electron chi connectivity index (χ1n) is 31.9. The van der Waals surface area contributed by atoms with Crippen molar-refractivity contribution in [3.63, 3.8) is 0 Å². The third-order valence-corrected chi connectivity index (χ3v) is 20.7. The molecule has 24 heteroatoms. The molecular weight excluding hydrogens is 1360 g/mol. The highest BCUT2D eigenvalue weighted by atomic mass is 35.5. The number of Topliss-reactive ketones (excluding diaryl/α,β-unsaturated/α-hetero) is 3. The summed E-state index contributed by atoms with van der Waals surface area (Å²) in [5.74, 6) is -9.29. The quantitative estimate of drug-likeness (QED) is 0.113. The van der Waals surface area contributed by atoms with Gasteiger partial charge in [0.15, 0.2) is 34.2 Å². The lowest BCUT2D eigenvalue weighted by molar-refractivity contribution is -0.154. The van der Waals surface area contributed by atoms with Crippen LogP contribution in [0.5, 0.6) is 17.2 Å². The van der Waals surface area contributed by atoms with E-state index in [0.717, 1.165) is 0 Å². The molecule has 6 aliphatic rings. The number of fused-ring (bicyclic) bond motifs is 9. The molecule has 0 unspecified atom stereocenters. The Morgan fingerprint density at radius 2 is 0.618 bits per heavy atom. The number of ketones is 3. The number of pyridine rings is 3. The van der Waals surface area contributed by atoms with Crippen LogP contribution in [0.15, 0.2) is 201 Å². The van der Waals surface area contributed by atoms with Crippen molar-refractivity contribution >= 4 is 69.9 Å². The maximum absolute atomic E-state index is 14.1. The van der Waals surface area contributed by atoms with Crippen molar-refractivity contribution in [2.24, 2.45) is 17.8 Å². The lowest BCUT2D eigenvalue weighted by Crippen LogP contribution is -2.51. The number of nitrogens with zero attached hydrogens (tertiary/aromatic N) is 9. The zero-order chi connectivity index (χ0) is 72.8. The smallest absolute Gasteiger partial charge is 0.233 e. The van der Waals surface area contributed by atoms with Crippen molar-refractivity contribution in [3.05, 3.63) is 283 Å². The second-order valence-electron chi connectivity index (χ2n) is 26.1. The van der Waals surface area contributed by atoms with Gasteiger partial charge >= 0.3 is 0 Å². The van der Waals surface area contributed by atoms with Crippen molar-refractivity contribution in [3.8, 4) is 35.5 Å². The van der Waals surface area contributed by atoms with E-state index >= 15 is 0 Å². The van der Waals surface area contributed by atoms with E-state index < -0.39 is 104 Å². The number of amides is 3. The normalized spacial score (nSPS) is 26.9. The molecule has 6 aromatic carbocycles. The molecule has 3 aromatic heterocycles. The molecule has 15 rings (SSSR count). The van der Waals surface area contributed by atoms with Crippen molar-refractivity contribution < 1.29 is 58.3 Å². The third kappa shape index (κ3) is 9.99. The standard InChI is InChI=1S/3C26H20ClN3O4/c3*1-30(2)24(32)20-21(16-6-4-3-5-7-16)26(17-10-8-15(13-28)9-11-17)25(33,23(20)31)22-19(34-26)12-18(27)14-29-22/h3*3-12,14,20-21,33H,1-2H3/t3*20-,21-,25+,26+/m111/s1. The highest BCUT2D eigenvalue weighted by Crippen LogP contribution is 2.70. The van der Waals surface area contributed by atoms with Gasteiger partial charge in [0.2, 0.25) is 34.5 Å². The van der Waals surface area contributed by atoms with Crippen LogP contribution in [0.2, 0.25) is 15.1 Å². The van der Waals surface area contributed by atoms with E-state index in [1.165, 1.54) is 51.5 Å². The van der Waals surface area contributed by atoms with Crippen molar-refractivity contribution in [1.29, 1.82) is 15.8 Å². The van der Waals surface area contributed by atoms with Gasteiger partial charge in [-0.3, -0.25) is 43.7 Å². The Hall–Kier alpha value is -11.2. The van der Waals surface area contributed by atoms with Crippen molar-refractivity contribution in [2.45, 2.75) is 51.4 Å². The first-order valence-corrected chi connectivity index (χ1v) is 33.0. The van der Waals surface area contributed by atoms with Gasteiger partial charge in [-0.25, -0.2) is 0 Å². The van der Waals surface area contributed by atoms with Gasteiger partial charge in [-0.1, -0.05) is 162 Å². The Morgan fingerprint density at radius 1 is 0.392 bits per heavy atom. The Morgan fingerprint density at radius 3 is 0.824 bits per heavy atom. The molecule has 0 saturated heterocycles. The molecule has 12 atom stereocenters. The van der Waals surface area contributed by atoms with E-state index in [9.17, 15) is 59.9 Å². The molecule has 3 amide bonds. The highest BCUT2D eigenvalue weighted by molar-refractivity contribution is 6.31. The number of hydrogen-bond donors (Lipinski definition) is 3. The molecule has 9 aromatic rings. The lowest BCUT2D eigenvalue weighted by Gasteiger charge is -2.39. The first kappa shape index (κ1) is 69.3. The van der Waals surface area contributed by atoms with Crippen molar-refractivity contribution in [1.82, 2.24) is 29.7 Å². The van der Waals surface area contributed by atoms with Gasteiger partial charge < -0.3 is 44.2 Å². The number of aliphatic hydroxyl groups is 3. The van der Waals surface area contributed by atoms with E-state index in [1.54, 1.807) is 188 Å². The largest absolute Gasteiger partial charge is 0.476 e. The number of halogens is 3. The van der Waals surface area contributed by atoms with Crippen LogP contribution in [-0.2, 0) is 62.4 Å². The van der Waals surface area contributed by atoms with Gasteiger partial charge in [-0.2, -0.15) is 15.8 Å². The van der Waals surface area contributed by atoms with Gasteiger partial charge in [0.25, 0.3) is 0 Å². The predicted octanol–water partition coefficient (Wildman–Crippen LogP) is 9.46. The molecule has 102 heavy (non-hydrogen) atoms.